The molecule has 2 aromatic rings. The Morgan fingerprint density at radius 3 is 2.63 bits per heavy atom. The van der Waals surface area contributed by atoms with Crippen molar-refractivity contribution < 1.29 is 13.9 Å². The minimum absolute atomic E-state index is 0.0171. The molecule has 0 aliphatic carbocycles. The summed E-state index contributed by atoms with van der Waals surface area (Å²) < 4.78 is 18.6. The van der Waals surface area contributed by atoms with E-state index >= 15 is 0 Å². The lowest BCUT2D eigenvalue weighted by Gasteiger charge is -2.08. The summed E-state index contributed by atoms with van der Waals surface area (Å²) in [6, 6.07) is 11.1. The van der Waals surface area contributed by atoms with Gasteiger partial charge in [-0.3, -0.25) is 5.32 Å². The number of hydrogen-bond donors (Lipinski definition) is 1. The molecule has 0 heterocycles. The van der Waals surface area contributed by atoms with Crippen molar-refractivity contribution in [2.45, 2.75) is 6.92 Å². The SMILES string of the molecule is Cc1cc(F)c(NC(=O)Oc2ccccc2)cc1Cl. The number of halogens is 2. The number of carbonyl (C=O) groups excluding carboxylic acids is 1. The predicted molar refractivity (Wildman–Crippen MR) is 72.2 cm³/mol. The van der Waals surface area contributed by atoms with Crippen LogP contribution in [0.4, 0.5) is 14.9 Å². The van der Waals surface area contributed by atoms with E-state index in [0.717, 1.165) is 0 Å². The first kappa shape index (κ1) is 13.4. The number of aryl methyl sites for hydroxylation is 1. The molecule has 0 bridgehead atoms. The van der Waals surface area contributed by atoms with Crippen LogP contribution in [0.3, 0.4) is 0 Å². The molecule has 0 saturated carbocycles. The first-order valence-electron chi connectivity index (χ1n) is 5.56. The summed E-state index contributed by atoms with van der Waals surface area (Å²) in [5, 5.41) is 2.68. The predicted octanol–water partition coefficient (Wildman–Crippen LogP) is 4.40. The summed E-state index contributed by atoms with van der Waals surface area (Å²) in [5.41, 5.74) is 0.581. The molecule has 1 N–H and O–H groups in total. The quantitative estimate of drug-likeness (QED) is 0.885. The summed E-state index contributed by atoms with van der Waals surface area (Å²) in [4.78, 5) is 11.6. The van der Waals surface area contributed by atoms with E-state index in [-0.39, 0.29) is 5.69 Å². The van der Waals surface area contributed by atoms with E-state index in [9.17, 15) is 9.18 Å². The van der Waals surface area contributed by atoms with Gasteiger partial charge in [-0.15, -0.1) is 0 Å². The lowest BCUT2D eigenvalue weighted by Crippen LogP contribution is -2.17. The van der Waals surface area contributed by atoms with Crippen molar-refractivity contribution in [2.24, 2.45) is 0 Å². The molecule has 0 aliphatic rings. The molecule has 5 heteroatoms. The van der Waals surface area contributed by atoms with Gasteiger partial charge in [-0.1, -0.05) is 29.8 Å². The molecule has 19 heavy (non-hydrogen) atoms. The van der Waals surface area contributed by atoms with Gasteiger partial charge in [0.15, 0.2) is 0 Å². The zero-order chi connectivity index (χ0) is 13.8. The van der Waals surface area contributed by atoms with Gasteiger partial charge in [-0.2, -0.15) is 0 Å². The Hall–Kier alpha value is -2.07. The maximum Gasteiger partial charge on any atom is 0.417 e. The van der Waals surface area contributed by atoms with Gasteiger partial charge in [0.2, 0.25) is 0 Å². The number of para-hydroxylation sites is 1. The third-order valence-corrected chi connectivity index (χ3v) is 2.85. The summed E-state index contributed by atoms with van der Waals surface area (Å²) in [7, 11) is 0. The van der Waals surface area contributed by atoms with Crippen LogP contribution >= 0.6 is 11.6 Å². The average Bonchev–Trinajstić information content (AvgIpc) is 2.37. The van der Waals surface area contributed by atoms with E-state index < -0.39 is 11.9 Å². The van der Waals surface area contributed by atoms with Crippen molar-refractivity contribution in [3.05, 3.63) is 58.9 Å². The van der Waals surface area contributed by atoms with E-state index in [1.54, 1.807) is 37.3 Å². The molecule has 0 unspecified atom stereocenters. The molecule has 3 nitrogen and oxygen atoms in total. The van der Waals surface area contributed by atoms with Crippen molar-refractivity contribution in [1.29, 1.82) is 0 Å². The topological polar surface area (TPSA) is 38.3 Å². The Kier molecular flexibility index (Phi) is 4.02. The van der Waals surface area contributed by atoms with Crippen LogP contribution in [0.2, 0.25) is 5.02 Å². The van der Waals surface area contributed by atoms with Gasteiger partial charge >= 0.3 is 6.09 Å². The Labute approximate surface area is 115 Å². The van der Waals surface area contributed by atoms with Crippen LogP contribution in [0.15, 0.2) is 42.5 Å². The second-order valence-electron chi connectivity index (χ2n) is 3.91. The number of anilines is 1. The fourth-order valence-corrected chi connectivity index (χ4v) is 1.64. The number of carbonyl (C=O) groups is 1. The van der Waals surface area contributed by atoms with E-state index in [2.05, 4.69) is 5.32 Å². The highest BCUT2D eigenvalue weighted by Gasteiger charge is 2.11. The highest BCUT2D eigenvalue weighted by atomic mass is 35.5. The number of hydrogen-bond acceptors (Lipinski definition) is 2. The zero-order valence-corrected chi connectivity index (χ0v) is 10.9. The maximum atomic E-state index is 13.6. The van der Waals surface area contributed by atoms with Crippen molar-refractivity contribution in [1.82, 2.24) is 0 Å². The van der Waals surface area contributed by atoms with E-state index in [4.69, 9.17) is 16.3 Å². The van der Waals surface area contributed by atoms with Crippen molar-refractivity contribution in [3.63, 3.8) is 0 Å². The third kappa shape index (κ3) is 3.45. The summed E-state index contributed by atoms with van der Waals surface area (Å²) in [6.07, 6.45) is -0.773. The molecule has 2 aromatic carbocycles. The van der Waals surface area contributed by atoms with Crippen LogP contribution < -0.4 is 10.1 Å². The molecular formula is C14H11ClFNO2. The fraction of sp³-hybridized carbons (Fsp3) is 0.0714. The second kappa shape index (κ2) is 5.71. The van der Waals surface area contributed by atoms with Gasteiger partial charge in [-0.25, -0.2) is 9.18 Å². The number of rotatable bonds is 2. The normalized spacial score (nSPS) is 10.1. The van der Waals surface area contributed by atoms with Crippen molar-refractivity contribution in [2.75, 3.05) is 5.32 Å². The highest BCUT2D eigenvalue weighted by Crippen LogP contribution is 2.24. The van der Waals surface area contributed by atoms with Gasteiger partial charge in [-0.05, 0) is 36.8 Å². The van der Waals surface area contributed by atoms with Crippen LogP contribution in [0.1, 0.15) is 5.56 Å². The molecule has 1 amide bonds. The molecule has 0 aromatic heterocycles. The van der Waals surface area contributed by atoms with Gasteiger partial charge in [0.05, 0.1) is 5.69 Å². The van der Waals surface area contributed by atoms with Gasteiger partial charge < -0.3 is 4.74 Å². The largest absolute Gasteiger partial charge is 0.417 e. The number of ether oxygens (including phenoxy) is 1. The van der Waals surface area contributed by atoms with Crippen LogP contribution in [-0.4, -0.2) is 6.09 Å². The molecular weight excluding hydrogens is 269 g/mol. The Morgan fingerprint density at radius 2 is 1.95 bits per heavy atom. The summed E-state index contributed by atoms with van der Waals surface area (Å²) in [5.74, 6) is -0.189. The standard InChI is InChI=1S/C14H11ClFNO2/c1-9-7-12(16)13(8-11(9)15)17-14(18)19-10-5-3-2-4-6-10/h2-8H,1H3,(H,17,18). The zero-order valence-electron chi connectivity index (χ0n) is 10.1. The Morgan fingerprint density at radius 1 is 1.26 bits per heavy atom. The van der Waals surface area contributed by atoms with Crippen LogP contribution in [-0.2, 0) is 0 Å². The monoisotopic (exact) mass is 279 g/mol. The minimum atomic E-state index is -0.773. The van der Waals surface area contributed by atoms with Crippen molar-refractivity contribution in [3.8, 4) is 5.75 Å². The minimum Gasteiger partial charge on any atom is -0.410 e. The van der Waals surface area contributed by atoms with Gasteiger partial charge in [0.1, 0.15) is 11.6 Å². The number of amides is 1. The molecule has 0 atom stereocenters. The molecule has 0 fully saturated rings. The third-order valence-electron chi connectivity index (χ3n) is 2.44. The molecule has 0 radical (unpaired) electrons. The van der Waals surface area contributed by atoms with E-state index in [1.165, 1.54) is 12.1 Å². The summed E-state index contributed by atoms with van der Waals surface area (Å²) in [6.45, 7) is 1.68. The van der Waals surface area contributed by atoms with Crippen LogP contribution in [0.5, 0.6) is 5.75 Å². The lowest BCUT2D eigenvalue weighted by atomic mass is 10.2. The van der Waals surface area contributed by atoms with Gasteiger partial charge in [0, 0.05) is 5.02 Å². The number of benzene rings is 2. The second-order valence-corrected chi connectivity index (χ2v) is 4.32. The van der Waals surface area contributed by atoms with Gasteiger partial charge in [0.25, 0.3) is 0 Å². The average molecular weight is 280 g/mol. The first-order valence-corrected chi connectivity index (χ1v) is 5.93. The van der Waals surface area contributed by atoms with E-state index in [0.29, 0.717) is 16.3 Å². The molecule has 0 spiro atoms. The molecule has 98 valence electrons. The Balaban J connectivity index is 2.09. The lowest BCUT2D eigenvalue weighted by molar-refractivity contribution is 0.215. The van der Waals surface area contributed by atoms with Crippen LogP contribution in [0.25, 0.3) is 0 Å². The molecule has 0 saturated heterocycles. The van der Waals surface area contributed by atoms with Crippen molar-refractivity contribution >= 4 is 23.4 Å². The molecule has 2 rings (SSSR count). The smallest absolute Gasteiger partial charge is 0.410 e. The van der Waals surface area contributed by atoms with E-state index in [1.807, 2.05) is 0 Å². The first-order chi connectivity index (χ1) is 9.06. The van der Waals surface area contributed by atoms with Crippen LogP contribution in [0, 0.1) is 12.7 Å². The fourth-order valence-electron chi connectivity index (χ4n) is 1.47. The number of nitrogens with one attached hydrogen (secondary N) is 1. The Bertz CT molecular complexity index is 602. The molecule has 0 aliphatic heterocycles. The summed E-state index contributed by atoms with van der Waals surface area (Å²) >= 11 is 5.87. The highest BCUT2D eigenvalue weighted by molar-refractivity contribution is 6.31. The maximum absolute atomic E-state index is 13.6.